The van der Waals surface area contributed by atoms with E-state index in [4.69, 9.17) is 5.11 Å². The molecule has 3 heteroatoms. The summed E-state index contributed by atoms with van der Waals surface area (Å²) in [7, 11) is 0. The largest absolute Gasteiger partial charge is 0.478 e. The fourth-order valence-corrected chi connectivity index (χ4v) is 2.64. The Bertz CT molecular complexity index is 296. The molecule has 1 saturated carbocycles. The van der Waals surface area contributed by atoms with E-state index in [1.54, 1.807) is 0 Å². The van der Waals surface area contributed by atoms with Gasteiger partial charge in [0.1, 0.15) is 0 Å². The van der Waals surface area contributed by atoms with Crippen LogP contribution in [0.25, 0.3) is 0 Å². The van der Waals surface area contributed by atoms with E-state index in [9.17, 15) is 4.79 Å². The first-order chi connectivity index (χ1) is 7.25. The van der Waals surface area contributed by atoms with Gasteiger partial charge in [-0.05, 0) is 37.0 Å². The fraction of sp³-hybridized carbons (Fsp3) is 0.583. The number of carbonyl (C=O) groups is 1. The third kappa shape index (κ3) is 2.61. The van der Waals surface area contributed by atoms with Crippen LogP contribution >= 0.6 is 0 Å². The van der Waals surface area contributed by atoms with Crippen molar-refractivity contribution in [3.63, 3.8) is 0 Å². The van der Waals surface area contributed by atoms with Gasteiger partial charge in [0, 0.05) is 18.8 Å². The van der Waals surface area contributed by atoms with Crippen molar-refractivity contribution in [3.8, 4) is 0 Å². The highest BCUT2D eigenvalue weighted by Gasteiger charge is 2.31. The van der Waals surface area contributed by atoms with Crippen molar-refractivity contribution in [1.82, 2.24) is 5.32 Å². The van der Waals surface area contributed by atoms with Crippen LogP contribution in [0, 0.1) is 17.8 Å². The molecule has 0 aromatic heterocycles. The Morgan fingerprint density at radius 3 is 2.87 bits per heavy atom. The van der Waals surface area contributed by atoms with Gasteiger partial charge in [0.05, 0.1) is 0 Å². The summed E-state index contributed by atoms with van der Waals surface area (Å²) >= 11 is 0. The lowest BCUT2D eigenvalue weighted by atomic mass is 9.69. The smallest absolute Gasteiger partial charge is 0.329 e. The van der Waals surface area contributed by atoms with Crippen molar-refractivity contribution in [1.29, 1.82) is 0 Å². The number of rotatable bonds is 4. The van der Waals surface area contributed by atoms with Crippen molar-refractivity contribution < 1.29 is 9.90 Å². The second-order valence-electron chi connectivity index (χ2n) is 4.46. The van der Waals surface area contributed by atoms with Crippen molar-refractivity contribution >= 4 is 5.97 Å². The summed E-state index contributed by atoms with van der Waals surface area (Å²) in [6.45, 7) is 0.898. The zero-order chi connectivity index (χ0) is 10.7. The summed E-state index contributed by atoms with van der Waals surface area (Å²) in [6.07, 6.45) is 11.3. The number of fused-ring (bicyclic) bond motifs is 2. The average Bonchev–Trinajstić information content (AvgIpc) is 2.26. The van der Waals surface area contributed by atoms with Crippen LogP contribution in [0.2, 0.25) is 0 Å². The van der Waals surface area contributed by atoms with E-state index in [1.165, 1.54) is 25.5 Å². The molecule has 3 aliphatic carbocycles. The lowest BCUT2D eigenvalue weighted by molar-refractivity contribution is -0.131. The molecule has 1 fully saturated rings. The Hall–Kier alpha value is -1.25. The molecule has 0 aromatic carbocycles. The van der Waals surface area contributed by atoms with Crippen LogP contribution in [0.3, 0.4) is 0 Å². The first-order valence-electron chi connectivity index (χ1n) is 5.57. The molecule has 0 amide bonds. The molecule has 15 heavy (non-hydrogen) atoms. The van der Waals surface area contributed by atoms with E-state index < -0.39 is 5.97 Å². The summed E-state index contributed by atoms with van der Waals surface area (Å²) in [5, 5.41) is 11.5. The minimum Gasteiger partial charge on any atom is -0.478 e. The Kier molecular flexibility index (Phi) is 3.09. The second-order valence-corrected chi connectivity index (χ2v) is 4.46. The lowest BCUT2D eigenvalue weighted by Crippen LogP contribution is -2.33. The van der Waals surface area contributed by atoms with Crippen molar-refractivity contribution in [3.05, 3.63) is 24.4 Å². The molecule has 0 spiro atoms. The highest BCUT2D eigenvalue weighted by molar-refractivity contribution is 5.79. The number of nitrogens with one attached hydrogen (secondary N) is 1. The highest BCUT2D eigenvalue weighted by atomic mass is 16.4. The van der Waals surface area contributed by atoms with E-state index >= 15 is 0 Å². The first-order valence-corrected chi connectivity index (χ1v) is 5.57. The van der Waals surface area contributed by atoms with Gasteiger partial charge in [-0.1, -0.05) is 12.2 Å². The van der Waals surface area contributed by atoms with Crippen molar-refractivity contribution in [2.24, 2.45) is 17.8 Å². The Balaban J connectivity index is 1.77. The van der Waals surface area contributed by atoms with Gasteiger partial charge in [-0.3, -0.25) is 0 Å². The van der Waals surface area contributed by atoms with Gasteiger partial charge in [0.2, 0.25) is 0 Å². The molecule has 0 radical (unpaired) electrons. The predicted octanol–water partition coefficient (Wildman–Crippen LogP) is 1.78. The minimum atomic E-state index is -0.896. The number of allylic oxidation sites excluding steroid dienone is 2. The molecule has 3 rings (SSSR count). The van der Waals surface area contributed by atoms with E-state index in [-0.39, 0.29) is 0 Å². The van der Waals surface area contributed by atoms with Gasteiger partial charge in [-0.2, -0.15) is 0 Å². The quantitative estimate of drug-likeness (QED) is 0.545. The van der Waals surface area contributed by atoms with E-state index in [0.29, 0.717) is 11.8 Å². The summed E-state index contributed by atoms with van der Waals surface area (Å²) in [5.41, 5.74) is 0. The Morgan fingerprint density at radius 1 is 1.47 bits per heavy atom. The molecule has 3 atom stereocenters. The molecular formula is C12H17NO2. The molecule has 82 valence electrons. The number of hydrogen-bond donors (Lipinski definition) is 2. The molecule has 0 aromatic rings. The maximum atomic E-state index is 10.2. The van der Waals surface area contributed by atoms with E-state index in [1.807, 2.05) is 0 Å². The number of aliphatic carboxylic acids is 1. The van der Waals surface area contributed by atoms with Gasteiger partial charge in [-0.25, -0.2) is 4.79 Å². The summed E-state index contributed by atoms with van der Waals surface area (Å²) in [5.74, 6) is 1.27. The number of carboxylic acids is 1. The lowest BCUT2D eigenvalue weighted by Gasteiger charge is -2.38. The zero-order valence-corrected chi connectivity index (χ0v) is 8.73. The van der Waals surface area contributed by atoms with E-state index in [0.717, 1.165) is 18.5 Å². The third-order valence-electron chi connectivity index (χ3n) is 3.44. The van der Waals surface area contributed by atoms with E-state index in [2.05, 4.69) is 17.5 Å². The second kappa shape index (κ2) is 4.51. The average molecular weight is 207 g/mol. The molecule has 3 unspecified atom stereocenters. The third-order valence-corrected chi connectivity index (χ3v) is 3.44. The first kappa shape index (κ1) is 10.3. The standard InChI is InChI=1S/C12H17NO2/c14-12(15)5-6-13-8-11-7-9-1-3-10(11)4-2-9/h1,3,5-6,9-11,13H,2,4,7-8H2,(H,14,15)/b6-5+. The Morgan fingerprint density at radius 2 is 2.33 bits per heavy atom. The molecule has 0 saturated heterocycles. The zero-order valence-electron chi connectivity index (χ0n) is 8.73. The summed E-state index contributed by atoms with van der Waals surface area (Å²) < 4.78 is 0. The predicted molar refractivity (Wildman–Crippen MR) is 58.2 cm³/mol. The summed E-state index contributed by atoms with van der Waals surface area (Å²) in [4.78, 5) is 10.2. The molecule has 0 heterocycles. The number of carboxylic acid groups (broad SMARTS) is 1. The van der Waals surface area contributed by atoms with Gasteiger partial charge >= 0.3 is 5.97 Å². The van der Waals surface area contributed by atoms with Gasteiger partial charge in [0.15, 0.2) is 0 Å². The molecule has 0 aliphatic heterocycles. The molecular weight excluding hydrogens is 190 g/mol. The number of hydrogen-bond acceptors (Lipinski definition) is 2. The monoisotopic (exact) mass is 207 g/mol. The van der Waals surface area contributed by atoms with Gasteiger partial charge in [-0.15, -0.1) is 0 Å². The van der Waals surface area contributed by atoms with Gasteiger partial charge in [0.25, 0.3) is 0 Å². The highest BCUT2D eigenvalue weighted by Crippen LogP contribution is 2.39. The van der Waals surface area contributed by atoms with Crippen LogP contribution in [0.5, 0.6) is 0 Å². The maximum absolute atomic E-state index is 10.2. The van der Waals surface area contributed by atoms with Crippen molar-refractivity contribution in [2.75, 3.05) is 6.54 Å². The molecule has 3 nitrogen and oxygen atoms in total. The molecule has 2 N–H and O–H groups in total. The maximum Gasteiger partial charge on any atom is 0.329 e. The fourth-order valence-electron chi connectivity index (χ4n) is 2.64. The Labute approximate surface area is 89.9 Å². The summed E-state index contributed by atoms with van der Waals surface area (Å²) in [6, 6.07) is 0. The van der Waals surface area contributed by atoms with Crippen LogP contribution in [-0.2, 0) is 4.79 Å². The van der Waals surface area contributed by atoms with Crippen LogP contribution < -0.4 is 5.32 Å². The molecule has 2 bridgehead atoms. The van der Waals surface area contributed by atoms with Gasteiger partial charge < -0.3 is 10.4 Å². The van der Waals surface area contributed by atoms with Crippen LogP contribution in [0.15, 0.2) is 24.4 Å². The molecule has 3 aliphatic rings. The van der Waals surface area contributed by atoms with Crippen molar-refractivity contribution in [2.45, 2.75) is 19.3 Å². The van der Waals surface area contributed by atoms with Crippen LogP contribution in [0.4, 0.5) is 0 Å². The normalized spacial score (nSPS) is 33.5. The van der Waals surface area contributed by atoms with Crippen LogP contribution in [0.1, 0.15) is 19.3 Å². The SMILES string of the molecule is O=C(O)/C=C/NCC1CC2C=CC1CC2. The van der Waals surface area contributed by atoms with Crippen LogP contribution in [-0.4, -0.2) is 17.6 Å². The minimum absolute atomic E-state index is 0.687. The topological polar surface area (TPSA) is 49.3 Å².